The number of hydrogen-bond donors (Lipinski definition) is 0. The largest absolute Gasteiger partial charge is 0.690 e. The van der Waals surface area contributed by atoms with Gasteiger partial charge in [0.05, 0.1) is 0 Å². The second-order valence-electron chi connectivity index (χ2n) is 17.3. The van der Waals surface area contributed by atoms with Gasteiger partial charge in [-0.15, -0.1) is 47.5 Å². The van der Waals surface area contributed by atoms with Crippen molar-refractivity contribution in [1.82, 2.24) is 4.98 Å². The number of allylic oxidation sites excluding steroid dienone is 2. The Morgan fingerprint density at radius 2 is 1.53 bits per heavy atom. The normalized spacial score (nSPS) is 15.3. The molecule has 0 aliphatic heterocycles. The Morgan fingerprint density at radius 1 is 0.906 bits per heavy atom. The molecule has 1 aliphatic carbocycles. The zero-order chi connectivity index (χ0) is 38.2. The number of aromatic nitrogens is 1. The van der Waals surface area contributed by atoms with Crippen molar-refractivity contribution in [2.45, 2.75) is 138 Å². The molecule has 1 radical (unpaired) electrons. The van der Waals surface area contributed by atoms with Gasteiger partial charge in [-0.3, -0.25) is 9.78 Å². The summed E-state index contributed by atoms with van der Waals surface area (Å²) in [7, 11) is 1.78. The smallest absolute Gasteiger partial charge is 0.157 e. The van der Waals surface area contributed by atoms with E-state index in [-0.39, 0.29) is 48.1 Å². The summed E-state index contributed by atoms with van der Waals surface area (Å²) in [5.41, 5.74) is 9.35. The first-order valence-corrected chi connectivity index (χ1v) is 20.5. The number of fused-ring (bicyclic) bond motifs is 6. The zero-order valence-corrected chi connectivity index (χ0v) is 37.8. The van der Waals surface area contributed by atoms with Crippen LogP contribution in [0, 0.1) is 24.8 Å². The maximum absolute atomic E-state index is 12.0. The molecule has 6 rings (SSSR count). The number of nitrogens with zero attached hydrogens (tertiary/aromatic N) is 2. The molecular weight excluding hydrogens is 845 g/mol. The molecule has 2 heterocycles. The van der Waals surface area contributed by atoms with Crippen molar-refractivity contribution in [1.29, 1.82) is 0 Å². The Hall–Kier alpha value is -2.85. The third-order valence-electron chi connectivity index (χ3n) is 11.8. The van der Waals surface area contributed by atoms with Gasteiger partial charge in [-0.2, -0.15) is 5.70 Å². The SMILES string of the molecule is CCC(CC)C(=O)/C=C(\[N-]C)C(CC)CC.Cc1cc2c(c3c1sc1c(-c4[c-]c5ccccc5c(C(C)(C)C)c4)nccc13)C(C)(C)CCC2(C)C.[Ir]. The van der Waals surface area contributed by atoms with Gasteiger partial charge in [0.25, 0.3) is 0 Å². The van der Waals surface area contributed by atoms with E-state index in [1.54, 1.807) is 18.7 Å². The summed E-state index contributed by atoms with van der Waals surface area (Å²) >= 11 is 1.92. The minimum atomic E-state index is 0. The second-order valence-corrected chi connectivity index (χ2v) is 18.4. The van der Waals surface area contributed by atoms with E-state index in [4.69, 9.17) is 4.98 Å². The van der Waals surface area contributed by atoms with Gasteiger partial charge in [-0.05, 0) is 89.0 Å². The molecule has 5 aromatic rings. The Morgan fingerprint density at radius 3 is 2.13 bits per heavy atom. The molecule has 53 heavy (non-hydrogen) atoms. The maximum Gasteiger partial charge on any atom is 0.157 e. The minimum absolute atomic E-state index is 0. The van der Waals surface area contributed by atoms with Gasteiger partial charge < -0.3 is 5.32 Å². The van der Waals surface area contributed by atoms with Crippen LogP contribution in [0.2, 0.25) is 0 Å². The third kappa shape index (κ3) is 8.53. The van der Waals surface area contributed by atoms with Crippen LogP contribution in [0.15, 0.2) is 60.4 Å². The van der Waals surface area contributed by atoms with Crippen LogP contribution in [0.25, 0.3) is 47.5 Å². The van der Waals surface area contributed by atoms with Crippen LogP contribution in [-0.2, 0) is 41.1 Å². The molecule has 3 aromatic carbocycles. The molecule has 0 spiro atoms. The van der Waals surface area contributed by atoms with Crippen LogP contribution >= 0.6 is 11.3 Å². The predicted molar refractivity (Wildman–Crippen MR) is 228 cm³/mol. The molecule has 0 fully saturated rings. The topological polar surface area (TPSA) is 44.1 Å². The van der Waals surface area contributed by atoms with Crippen LogP contribution in [-0.4, -0.2) is 17.8 Å². The van der Waals surface area contributed by atoms with E-state index in [1.807, 2.05) is 17.5 Å². The quantitative estimate of drug-likeness (QED) is 0.109. The molecule has 0 unspecified atom stereocenters. The Kier molecular flexibility index (Phi) is 13.7. The van der Waals surface area contributed by atoms with Crippen molar-refractivity contribution >= 4 is 48.1 Å². The van der Waals surface area contributed by atoms with E-state index in [0.29, 0.717) is 5.92 Å². The molecule has 0 atom stereocenters. The van der Waals surface area contributed by atoms with E-state index in [2.05, 4.69) is 137 Å². The van der Waals surface area contributed by atoms with Crippen molar-refractivity contribution in [3.8, 4) is 11.3 Å². The van der Waals surface area contributed by atoms with Gasteiger partial charge in [-0.25, -0.2) is 0 Å². The number of rotatable bonds is 9. The molecule has 0 bridgehead atoms. The molecule has 0 saturated carbocycles. The van der Waals surface area contributed by atoms with Crippen molar-refractivity contribution in [3.63, 3.8) is 0 Å². The molecule has 0 amide bonds. The van der Waals surface area contributed by atoms with Crippen LogP contribution in [0.3, 0.4) is 0 Å². The van der Waals surface area contributed by atoms with Crippen molar-refractivity contribution in [2.75, 3.05) is 7.05 Å². The van der Waals surface area contributed by atoms with Gasteiger partial charge in [0, 0.05) is 52.7 Å². The van der Waals surface area contributed by atoms with Crippen LogP contribution in [0.4, 0.5) is 0 Å². The third-order valence-corrected chi connectivity index (χ3v) is 13.2. The van der Waals surface area contributed by atoms with E-state index >= 15 is 0 Å². The fourth-order valence-corrected chi connectivity index (χ4v) is 9.63. The summed E-state index contributed by atoms with van der Waals surface area (Å²) in [6.45, 7) is 27.3. The summed E-state index contributed by atoms with van der Waals surface area (Å²) in [5, 5.41) is 9.52. The van der Waals surface area contributed by atoms with Gasteiger partial charge in [-0.1, -0.05) is 124 Å². The number of benzene rings is 3. The summed E-state index contributed by atoms with van der Waals surface area (Å²) in [5.74, 6) is 0.854. The maximum atomic E-state index is 12.0. The Labute approximate surface area is 338 Å². The second kappa shape index (κ2) is 16.9. The van der Waals surface area contributed by atoms with Gasteiger partial charge in [0.2, 0.25) is 0 Å². The molecule has 2 aromatic heterocycles. The number of pyridine rings is 1. The molecule has 3 nitrogen and oxygen atoms in total. The number of aryl methyl sites for hydroxylation is 1. The van der Waals surface area contributed by atoms with E-state index in [9.17, 15) is 4.79 Å². The molecule has 0 N–H and O–H groups in total. The molecule has 287 valence electrons. The molecule has 1 aliphatic rings. The van der Waals surface area contributed by atoms with Crippen molar-refractivity contribution in [2.24, 2.45) is 11.8 Å². The first-order valence-electron chi connectivity index (χ1n) is 19.7. The molecule has 0 saturated heterocycles. The average Bonchev–Trinajstić information content (AvgIpc) is 3.50. The monoisotopic (exact) mass is 907 g/mol. The van der Waals surface area contributed by atoms with E-state index < -0.39 is 0 Å². The fraction of sp³-hybridized carbons (Fsp3) is 0.500. The van der Waals surface area contributed by atoms with Crippen LogP contribution in [0.1, 0.15) is 137 Å². The first-order chi connectivity index (χ1) is 24.5. The zero-order valence-electron chi connectivity index (χ0n) is 34.6. The Bertz CT molecular complexity index is 2100. The van der Waals surface area contributed by atoms with Crippen LogP contribution in [0.5, 0.6) is 0 Å². The standard InChI is InChI=1S/C34H36NS.C14H27NO.Ir/c1-20-17-26-28(34(7,8)15-14-33(26,5)6)27-24-13-16-35-29(31(24)36-30(20)27)22-18-21-11-9-10-12-23(21)25(19-22)32(2,3)4;1-6-11(7-2)13(15-5)10-14(16)12(8-3)9-4;/h9-13,16-17,19H,14-15H2,1-8H3;10-12H,6-9H2,1-5H3,(H,15,16);/q-1;;/p-1. The first kappa shape index (κ1) is 42.9. The van der Waals surface area contributed by atoms with E-state index in [0.717, 1.165) is 48.0 Å². The summed E-state index contributed by atoms with van der Waals surface area (Å²) < 4.78 is 2.70. The van der Waals surface area contributed by atoms with Gasteiger partial charge in [0.1, 0.15) is 0 Å². The number of thiophene rings is 1. The number of carbonyl (C=O) groups is 1. The number of hydrogen-bond acceptors (Lipinski definition) is 3. The Balaban J connectivity index is 0.000000316. The summed E-state index contributed by atoms with van der Waals surface area (Å²) in [4.78, 5) is 17.0. The van der Waals surface area contributed by atoms with E-state index in [1.165, 1.54) is 55.1 Å². The molecule has 5 heteroatoms. The van der Waals surface area contributed by atoms with Crippen molar-refractivity contribution < 1.29 is 24.9 Å². The number of ketones is 1. The minimum Gasteiger partial charge on any atom is -0.690 e. The summed E-state index contributed by atoms with van der Waals surface area (Å²) in [6, 6.07) is 19.5. The fourth-order valence-electron chi connectivity index (χ4n) is 8.36. The summed E-state index contributed by atoms with van der Waals surface area (Å²) in [6.07, 6.45) is 10.2. The van der Waals surface area contributed by atoms with Gasteiger partial charge >= 0.3 is 0 Å². The van der Waals surface area contributed by atoms with Gasteiger partial charge in [0.15, 0.2) is 5.78 Å². The van der Waals surface area contributed by atoms with Crippen molar-refractivity contribution in [3.05, 3.63) is 94.1 Å². The predicted octanol–water partition coefficient (Wildman–Crippen LogP) is 14.3. The number of carbonyl (C=O) groups excluding carboxylic acids is 1. The van der Waals surface area contributed by atoms with Crippen LogP contribution < -0.4 is 0 Å². The average molecular weight is 907 g/mol. The molecular formula is C48H62IrN2OS-2.